The molecule has 0 spiro atoms. The molecule has 0 aromatic carbocycles. The summed E-state index contributed by atoms with van der Waals surface area (Å²) in [5, 5.41) is 8.97. The van der Waals surface area contributed by atoms with Gasteiger partial charge in [-0.1, -0.05) is 0 Å². The van der Waals surface area contributed by atoms with Crippen molar-refractivity contribution in [2.24, 2.45) is 23.5 Å². The third-order valence-electron chi connectivity index (χ3n) is 4.55. The number of hydrogen-bond acceptors (Lipinski definition) is 3. The Kier molecular flexibility index (Phi) is 4.62. The molecule has 0 aromatic heterocycles. The SMILES string of the molecule is NC(=O)CC1CCN(C(=O)[C@@H]2CC[C@H](C(=O)O)C2)CC1. The fourth-order valence-corrected chi connectivity index (χ4v) is 3.33. The summed E-state index contributed by atoms with van der Waals surface area (Å²) in [4.78, 5) is 36.0. The van der Waals surface area contributed by atoms with E-state index in [2.05, 4.69) is 0 Å². The van der Waals surface area contributed by atoms with Crippen molar-refractivity contribution in [3.05, 3.63) is 0 Å². The number of carboxylic acid groups (broad SMARTS) is 1. The Morgan fingerprint density at radius 3 is 2.15 bits per heavy atom. The fraction of sp³-hybridized carbons (Fsp3) is 0.786. The number of rotatable bonds is 4. The molecule has 2 rings (SSSR count). The molecule has 112 valence electrons. The summed E-state index contributed by atoms with van der Waals surface area (Å²) < 4.78 is 0. The van der Waals surface area contributed by atoms with Crippen LogP contribution in [0.4, 0.5) is 0 Å². The Morgan fingerprint density at radius 2 is 1.65 bits per heavy atom. The van der Waals surface area contributed by atoms with Crippen molar-refractivity contribution in [2.75, 3.05) is 13.1 Å². The molecule has 2 fully saturated rings. The minimum Gasteiger partial charge on any atom is -0.481 e. The normalized spacial score (nSPS) is 27.5. The molecule has 1 aliphatic carbocycles. The van der Waals surface area contributed by atoms with Crippen LogP contribution in [0.3, 0.4) is 0 Å². The van der Waals surface area contributed by atoms with Crippen molar-refractivity contribution < 1.29 is 19.5 Å². The van der Waals surface area contributed by atoms with Gasteiger partial charge in [-0.2, -0.15) is 0 Å². The second-order valence-corrected chi connectivity index (χ2v) is 5.98. The van der Waals surface area contributed by atoms with Crippen molar-refractivity contribution in [3.8, 4) is 0 Å². The molecule has 0 radical (unpaired) electrons. The highest BCUT2D eigenvalue weighted by atomic mass is 16.4. The molecular weight excluding hydrogens is 260 g/mol. The van der Waals surface area contributed by atoms with Crippen LogP contribution in [0.2, 0.25) is 0 Å². The summed E-state index contributed by atoms with van der Waals surface area (Å²) in [7, 11) is 0. The van der Waals surface area contributed by atoms with Gasteiger partial charge in [-0.15, -0.1) is 0 Å². The summed E-state index contributed by atoms with van der Waals surface area (Å²) in [6.45, 7) is 1.32. The summed E-state index contributed by atoms with van der Waals surface area (Å²) in [6.07, 6.45) is 3.76. The van der Waals surface area contributed by atoms with Gasteiger partial charge in [0.25, 0.3) is 0 Å². The lowest BCUT2D eigenvalue weighted by Gasteiger charge is -2.33. The molecule has 1 heterocycles. The second kappa shape index (κ2) is 6.24. The predicted octanol–water partition coefficient (Wildman–Crippen LogP) is 0.601. The maximum Gasteiger partial charge on any atom is 0.306 e. The van der Waals surface area contributed by atoms with E-state index < -0.39 is 5.97 Å². The first-order valence-corrected chi connectivity index (χ1v) is 7.27. The van der Waals surface area contributed by atoms with E-state index in [4.69, 9.17) is 10.8 Å². The van der Waals surface area contributed by atoms with E-state index in [-0.39, 0.29) is 29.6 Å². The van der Waals surface area contributed by atoms with E-state index in [0.29, 0.717) is 38.8 Å². The maximum absolute atomic E-state index is 12.3. The lowest BCUT2D eigenvalue weighted by molar-refractivity contribution is -0.141. The molecule has 0 unspecified atom stereocenters. The summed E-state index contributed by atoms with van der Waals surface area (Å²) >= 11 is 0. The molecule has 0 aromatic rings. The number of aliphatic carboxylic acids is 1. The highest BCUT2D eigenvalue weighted by molar-refractivity contribution is 5.81. The first kappa shape index (κ1) is 14.8. The van der Waals surface area contributed by atoms with Gasteiger partial charge in [-0.05, 0) is 38.0 Å². The first-order valence-electron chi connectivity index (χ1n) is 7.27. The zero-order valence-electron chi connectivity index (χ0n) is 11.6. The standard InChI is InChI=1S/C14H22N2O4/c15-12(17)7-9-3-5-16(6-4-9)13(18)10-1-2-11(8-10)14(19)20/h9-11H,1-8H2,(H2,15,17)(H,19,20)/t10-,11+/m1/s1. The monoisotopic (exact) mass is 282 g/mol. The smallest absolute Gasteiger partial charge is 0.306 e. The number of hydrogen-bond donors (Lipinski definition) is 2. The summed E-state index contributed by atoms with van der Waals surface area (Å²) in [5.74, 6) is -1.20. The average Bonchev–Trinajstić information content (AvgIpc) is 2.88. The van der Waals surface area contributed by atoms with Gasteiger partial charge in [0.15, 0.2) is 0 Å². The quantitative estimate of drug-likeness (QED) is 0.788. The van der Waals surface area contributed by atoms with Crippen LogP contribution < -0.4 is 5.73 Å². The first-order chi connectivity index (χ1) is 9.47. The maximum atomic E-state index is 12.3. The molecule has 3 N–H and O–H groups in total. The topological polar surface area (TPSA) is 101 Å². The number of carbonyl (C=O) groups is 3. The number of primary amides is 1. The number of carbonyl (C=O) groups excluding carboxylic acids is 2. The molecule has 1 aliphatic heterocycles. The van der Waals surface area contributed by atoms with E-state index >= 15 is 0 Å². The van der Waals surface area contributed by atoms with Gasteiger partial charge in [0, 0.05) is 25.4 Å². The van der Waals surface area contributed by atoms with Crippen LogP contribution in [0, 0.1) is 17.8 Å². The van der Waals surface area contributed by atoms with E-state index in [0.717, 1.165) is 12.8 Å². The van der Waals surface area contributed by atoms with Crippen LogP contribution in [0.25, 0.3) is 0 Å². The van der Waals surface area contributed by atoms with Crippen LogP contribution in [-0.4, -0.2) is 40.9 Å². The van der Waals surface area contributed by atoms with E-state index in [1.807, 2.05) is 4.90 Å². The Labute approximate surface area is 118 Å². The van der Waals surface area contributed by atoms with Gasteiger partial charge in [-0.3, -0.25) is 14.4 Å². The highest BCUT2D eigenvalue weighted by Crippen LogP contribution is 2.33. The van der Waals surface area contributed by atoms with Crippen LogP contribution >= 0.6 is 0 Å². The van der Waals surface area contributed by atoms with Crippen molar-refractivity contribution in [1.29, 1.82) is 0 Å². The number of piperidine rings is 1. The number of carboxylic acids is 1. The fourth-order valence-electron chi connectivity index (χ4n) is 3.33. The van der Waals surface area contributed by atoms with Crippen LogP contribution in [0.1, 0.15) is 38.5 Å². The van der Waals surface area contributed by atoms with Gasteiger partial charge < -0.3 is 15.7 Å². The van der Waals surface area contributed by atoms with Crippen molar-refractivity contribution >= 4 is 17.8 Å². The average molecular weight is 282 g/mol. The predicted molar refractivity (Wildman–Crippen MR) is 71.6 cm³/mol. The van der Waals surface area contributed by atoms with Crippen molar-refractivity contribution in [1.82, 2.24) is 4.90 Å². The minimum absolute atomic E-state index is 0.0891. The second-order valence-electron chi connectivity index (χ2n) is 5.98. The van der Waals surface area contributed by atoms with Gasteiger partial charge in [0.1, 0.15) is 0 Å². The van der Waals surface area contributed by atoms with Crippen LogP contribution in [0.5, 0.6) is 0 Å². The Bertz CT molecular complexity index is 402. The van der Waals surface area contributed by atoms with Crippen molar-refractivity contribution in [3.63, 3.8) is 0 Å². The molecule has 6 nitrogen and oxygen atoms in total. The van der Waals surface area contributed by atoms with Crippen LogP contribution in [-0.2, 0) is 14.4 Å². The Morgan fingerprint density at radius 1 is 1.05 bits per heavy atom. The van der Waals surface area contributed by atoms with Gasteiger partial charge >= 0.3 is 5.97 Å². The Hall–Kier alpha value is -1.59. The largest absolute Gasteiger partial charge is 0.481 e. The van der Waals surface area contributed by atoms with Crippen LogP contribution in [0.15, 0.2) is 0 Å². The van der Waals surface area contributed by atoms with Crippen molar-refractivity contribution in [2.45, 2.75) is 38.5 Å². The molecule has 1 saturated carbocycles. The zero-order valence-corrected chi connectivity index (χ0v) is 11.6. The molecule has 2 atom stereocenters. The van der Waals surface area contributed by atoms with Gasteiger partial charge in [-0.25, -0.2) is 0 Å². The number of likely N-dealkylation sites (tertiary alicyclic amines) is 1. The van der Waals surface area contributed by atoms with Gasteiger partial charge in [0.2, 0.25) is 11.8 Å². The summed E-state index contributed by atoms with van der Waals surface area (Å²) in [6, 6.07) is 0. The Balaban J connectivity index is 1.80. The van der Waals surface area contributed by atoms with E-state index in [9.17, 15) is 14.4 Å². The zero-order chi connectivity index (χ0) is 14.7. The molecule has 1 saturated heterocycles. The molecule has 2 amide bonds. The third-order valence-corrected chi connectivity index (χ3v) is 4.55. The number of nitrogens with zero attached hydrogens (tertiary/aromatic N) is 1. The molecule has 20 heavy (non-hydrogen) atoms. The highest BCUT2D eigenvalue weighted by Gasteiger charge is 2.36. The van der Waals surface area contributed by atoms with Gasteiger partial charge in [0.05, 0.1) is 5.92 Å². The molecule has 6 heteroatoms. The molecule has 0 bridgehead atoms. The lowest BCUT2D eigenvalue weighted by atomic mass is 9.92. The number of nitrogens with two attached hydrogens (primary N) is 1. The van der Waals surface area contributed by atoms with E-state index in [1.165, 1.54) is 0 Å². The lowest BCUT2D eigenvalue weighted by Crippen LogP contribution is -2.42. The summed E-state index contributed by atoms with van der Waals surface area (Å²) in [5.41, 5.74) is 5.19. The van der Waals surface area contributed by atoms with E-state index in [1.54, 1.807) is 0 Å². The third kappa shape index (κ3) is 3.49. The minimum atomic E-state index is -0.791. The molecular formula is C14H22N2O4. The molecule has 2 aliphatic rings. The number of amides is 2.